The van der Waals surface area contributed by atoms with Gasteiger partial charge in [-0.1, -0.05) is 17.7 Å². The van der Waals surface area contributed by atoms with E-state index in [4.69, 9.17) is 17.3 Å². The van der Waals surface area contributed by atoms with Gasteiger partial charge in [-0.05, 0) is 12.1 Å². The molecule has 15 heavy (non-hydrogen) atoms. The standard InChI is InChI=1S/C9H10ClN3O2/c1-13(5-8(11)14)9(15)6-3-2-4-7(10)12-6/h2-4H,5H2,1H3,(H2,11,14). The van der Waals surface area contributed by atoms with Gasteiger partial charge in [-0.15, -0.1) is 0 Å². The number of halogens is 1. The van der Waals surface area contributed by atoms with Crippen LogP contribution in [0.5, 0.6) is 0 Å². The maximum absolute atomic E-state index is 11.6. The van der Waals surface area contributed by atoms with Gasteiger partial charge in [0.05, 0.1) is 6.54 Å². The summed E-state index contributed by atoms with van der Waals surface area (Å²) in [6, 6.07) is 4.69. The Morgan fingerprint density at radius 1 is 1.53 bits per heavy atom. The molecule has 0 saturated heterocycles. The highest BCUT2D eigenvalue weighted by atomic mass is 35.5. The minimum Gasteiger partial charge on any atom is -0.368 e. The second-order valence-corrected chi connectivity index (χ2v) is 3.36. The number of hydrogen-bond acceptors (Lipinski definition) is 3. The zero-order valence-corrected chi connectivity index (χ0v) is 8.86. The Morgan fingerprint density at radius 2 is 2.20 bits per heavy atom. The summed E-state index contributed by atoms with van der Waals surface area (Å²) in [5.74, 6) is -0.968. The van der Waals surface area contributed by atoms with Crippen molar-refractivity contribution in [2.24, 2.45) is 5.73 Å². The zero-order valence-electron chi connectivity index (χ0n) is 8.11. The SMILES string of the molecule is CN(CC(N)=O)C(=O)c1cccc(Cl)n1. The highest BCUT2D eigenvalue weighted by molar-refractivity contribution is 6.29. The number of nitrogens with zero attached hydrogens (tertiary/aromatic N) is 2. The van der Waals surface area contributed by atoms with Crippen LogP contribution in [0.3, 0.4) is 0 Å². The van der Waals surface area contributed by atoms with E-state index in [0.29, 0.717) is 0 Å². The number of carbonyl (C=O) groups is 2. The number of amides is 2. The van der Waals surface area contributed by atoms with E-state index in [1.165, 1.54) is 18.0 Å². The summed E-state index contributed by atoms with van der Waals surface area (Å²) in [4.78, 5) is 27.2. The van der Waals surface area contributed by atoms with Crippen LogP contribution in [0.15, 0.2) is 18.2 Å². The van der Waals surface area contributed by atoms with Crippen LogP contribution in [0.25, 0.3) is 0 Å². The maximum atomic E-state index is 11.6. The quantitative estimate of drug-likeness (QED) is 0.755. The molecule has 0 aromatic carbocycles. The van der Waals surface area contributed by atoms with Crippen LogP contribution in [0.4, 0.5) is 0 Å². The third-order valence-electron chi connectivity index (χ3n) is 1.67. The Hall–Kier alpha value is -1.62. The second-order valence-electron chi connectivity index (χ2n) is 2.97. The van der Waals surface area contributed by atoms with Crippen LogP contribution in [-0.4, -0.2) is 35.3 Å². The summed E-state index contributed by atoms with van der Waals surface area (Å²) in [6.07, 6.45) is 0. The predicted octanol–water partition coefficient (Wildman–Crippen LogP) is 0.292. The minimum atomic E-state index is -0.576. The fraction of sp³-hybridized carbons (Fsp3) is 0.222. The Bertz CT molecular complexity index is 395. The molecule has 0 aliphatic rings. The average Bonchev–Trinajstić information content (AvgIpc) is 2.15. The Balaban J connectivity index is 2.80. The first kappa shape index (κ1) is 11.5. The molecule has 0 saturated carbocycles. The van der Waals surface area contributed by atoms with Crippen molar-refractivity contribution in [3.05, 3.63) is 29.0 Å². The van der Waals surface area contributed by atoms with E-state index in [0.717, 1.165) is 0 Å². The summed E-state index contributed by atoms with van der Waals surface area (Å²) in [5.41, 5.74) is 5.15. The average molecular weight is 228 g/mol. The fourth-order valence-corrected chi connectivity index (χ4v) is 1.19. The minimum absolute atomic E-state index is 0.146. The fourth-order valence-electron chi connectivity index (χ4n) is 1.03. The van der Waals surface area contributed by atoms with Gasteiger partial charge in [0.1, 0.15) is 10.8 Å². The van der Waals surface area contributed by atoms with Gasteiger partial charge in [-0.25, -0.2) is 4.98 Å². The molecule has 0 spiro atoms. The Kier molecular flexibility index (Phi) is 3.62. The van der Waals surface area contributed by atoms with E-state index >= 15 is 0 Å². The summed E-state index contributed by atoms with van der Waals surface area (Å²) in [6.45, 7) is -0.146. The van der Waals surface area contributed by atoms with E-state index < -0.39 is 11.8 Å². The molecule has 0 bridgehead atoms. The molecule has 2 N–H and O–H groups in total. The van der Waals surface area contributed by atoms with Crippen molar-refractivity contribution >= 4 is 23.4 Å². The molecule has 0 radical (unpaired) electrons. The normalized spacial score (nSPS) is 9.73. The topological polar surface area (TPSA) is 76.3 Å². The molecule has 0 unspecified atom stereocenters. The highest BCUT2D eigenvalue weighted by Gasteiger charge is 2.14. The van der Waals surface area contributed by atoms with Gasteiger partial charge in [0.2, 0.25) is 5.91 Å². The van der Waals surface area contributed by atoms with E-state index in [9.17, 15) is 9.59 Å². The van der Waals surface area contributed by atoms with Crippen LogP contribution in [-0.2, 0) is 4.79 Å². The molecule has 1 aromatic rings. The maximum Gasteiger partial charge on any atom is 0.272 e. The van der Waals surface area contributed by atoms with Crippen molar-refractivity contribution in [1.82, 2.24) is 9.88 Å². The molecular weight excluding hydrogens is 218 g/mol. The summed E-state index contributed by atoms with van der Waals surface area (Å²) >= 11 is 5.63. The number of rotatable bonds is 3. The van der Waals surface area contributed by atoms with Crippen LogP contribution in [0.1, 0.15) is 10.5 Å². The molecule has 0 aliphatic carbocycles. The molecule has 0 fully saturated rings. The first-order valence-corrected chi connectivity index (χ1v) is 4.55. The zero-order chi connectivity index (χ0) is 11.4. The van der Waals surface area contributed by atoms with Gasteiger partial charge in [-0.2, -0.15) is 0 Å². The van der Waals surface area contributed by atoms with Crippen molar-refractivity contribution in [3.8, 4) is 0 Å². The molecule has 6 heteroatoms. The van der Waals surface area contributed by atoms with E-state index in [1.807, 2.05) is 0 Å². The summed E-state index contributed by atoms with van der Waals surface area (Å²) < 4.78 is 0. The second kappa shape index (κ2) is 4.75. The van der Waals surface area contributed by atoms with Gasteiger partial charge in [0.15, 0.2) is 0 Å². The van der Waals surface area contributed by atoms with Gasteiger partial charge in [-0.3, -0.25) is 9.59 Å². The lowest BCUT2D eigenvalue weighted by Gasteiger charge is -2.14. The summed E-state index contributed by atoms with van der Waals surface area (Å²) in [5, 5.41) is 0.230. The van der Waals surface area contributed by atoms with Crippen LogP contribution in [0, 0.1) is 0 Å². The molecule has 80 valence electrons. The molecule has 5 nitrogen and oxygen atoms in total. The number of likely N-dealkylation sites (N-methyl/N-ethyl adjacent to an activating group) is 1. The van der Waals surface area contributed by atoms with Crippen LogP contribution >= 0.6 is 11.6 Å². The lowest BCUT2D eigenvalue weighted by atomic mass is 10.3. The lowest BCUT2D eigenvalue weighted by molar-refractivity contribution is -0.118. The number of nitrogens with two attached hydrogens (primary N) is 1. The molecular formula is C9H10ClN3O2. The molecule has 1 rings (SSSR count). The number of hydrogen-bond donors (Lipinski definition) is 1. The van der Waals surface area contributed by atoms with E-state index in [1.54, 1.807) is 12.1 Å². The Morgan fingerprint density at radius 3 is 2.73 bits per heavy atom. The first-order valence-electron chi connectivity index (χ1n) is 4.17. The number of aromatic nitrogens is 1. The third-order valence-corrected chi connectivity index (χ3v) is 1.88. The first-order chi connectivity index (χ1) is 7.00. The van der Waals surface area contributed by atoms with Crippen molar-refractivity contribution in [3.63, 3.8) is 0 Å². The van der Waals surface area contributed by atoms with Crippen molar-refractivity contribution in [2.75, 3.05) is 13.6 Å². The lowest BCUT2D eigenvalue weighted by Crippen LogP contribution is -2.35. The molecule has 1 heterocycles. The predicted molar refractivity (Wildman–Crippen MR) is 55.4 cm³/mol. The molecule has 0 aliphatic heterocycles. The summed E-state index contributed by atoms with van der Waals surface area (Å²) in [7, 11) is 1.47. The molecule has 2 amide bonds. The van der Waals surface area contributed by atoms with Crippen molar-refractivity contribution < 1.29 is 9.59 Å². The number of pyridine rings is 1. The monoisotopic (exact) mass is 227 g/mol. The highest BCUT2D eigenvalue weighted by Crippen LogP contribution is 2.06. The third kappa shape index (κ3) is 3.21. The number of primary amides is 1. The van der Waals surface area contributed by atoms with E-state index in [2.05, 4.69) is 4.98 Å². The van der Waals surface area contributed by atoms with Crippen LogP contribution < -0.4 is 5.73 Å². The van der Waals surface area contributed by atoms with Crippen molar-refractivity contribution in [2.45, 2.75) is 0 Å². The Labute approximate surface area is 91.8 Å². The van der Waals surface area contributed by atoms with E-state index in [-0.39, 0.29) is 17.4 Å². The number of carbonyl (C=O) groups excluding carboxylic acids is 2. The van der Waals surface area contributed by atoms with Gasteiger partial charge < -0.3 is 10.6 Å². The van der Waals surface area contributed by atoms with Crippen molar-refractivity contribution in [1.29, 1.82) is 0 Å². The van der Waals surface area contributed by atoms with Crippen LogP contribution in [0.2, 0.25) is 5.15 Å². The van der Waals surface area contributed by atoms with Gasteiger partial charge >= 0.3 is 0 Å². The smallest absolute Gasteiger partial charge is 0.272 e. The molecule has 0 atom stereocenters. The largest absolute Gasteiger partial charge is 0.368 e. The molecule has 1 aromatic heterocycles. The van der Waals surface area contributed by atoms with Gasteiger partial charge in [0, 0.05) is 7.05 Å². The van der Waals surface area contributed by atoms with Gasteiger partial charge in [0.25, 0.3) is 5.91 Å².